The maximum atomic E-state index is 12.6. The lowest BCUT2D eigenvalue weighted by molar-refractivity contribution is -0.125. The number of hydrogen-bond donors (Lipinski definition) is 2. The molecule has 0 aromatic heterocycles. The highest BCUT2D eigenvalue weighted by molar-refractivity contribution is 5.91. The van der Waals surface area contributed by atoms with E-state index in [9.17, 15) is 9.90 Å². The van der Waals surface area contributed by atoms with Gasteiger partial charge in [0.25, 0.3) is 0 Å². The fourth-order valence-corrected chi connectivity index (χ4v) is 3.48. The summed E-state index contributed by atoms with van der Waals surface area (Å²) in [6.07, 6.45) is 6.64. The van der Waals surface area contributed by atoms with Crippen LogP contribution in [0.25, 0.3) is 0 Å². The van der Waals surface area contributed by atoms with Crippen molar-refractivity contribution in [1.82, 2.24) is 5.32 Å². The first kappa shape index (κ1) is 15.3. The van der Waals surface area contributed by atoms with Crippen LogP contribution in [-0.2, 0) is 10.2 Å². The summed E-state index contributed by atoms with van der Waals surface area (Å²) >= 11 is 0. The van der Waals surface area contributed by atoms with Gasteiger partial charge in [0.2, 0.25) is 5.91 Å². The summed E-state index contributed by atoms with van der Waals surface area (Å²) in [5.74, 6) is 0.855. The number of ether oxygens (including phenoxy) is 1. The van der Waals surface area contributed by atoms with Gasteiger partial charge >= 0.3 is 0 Å². The summed E-state index contributed by atoms with van der Waals surface area (Å²) < 4.78 is 5.17. The molecule has 0 aliphatic heterocycles. The van der Waals surface area contributed by atoms with Gasteiger partial charge in [0.1, 0.15) is 5.75 Å². The first-order chi connectivity index (χ1) is 10.6. The van der Waals surface area contributed by atoms with E-state index in [-0.39, 0.29) is 5.91 Å². The van der Waals surface area contributed by atoms with E-state index < -0.39 is 11.0 Å². The van der Waals surface area contributed by atoms with Gasteiger partial charge < -0.3 is 15.2 Å². The van der Waals surface area contributed by atoms with E-state index in [0.717, 1.165) is 49.8 Å². The summed E-state index contributed by atoms with van der Waals surface area (Å²) in [6, 6.07) is 7.75. The van der Waals surface area contributed by atoms with Gasteiger partial charge in [0.05, 0.1) is 18.1 Å². The predicted octanol–water partition coefficient (Wildman–Crippen LogP) is 2.54. The molecule has 2 aliphatic rings. The van der Waals surface area contributed by atoms with Crippen molar-refractivity contribution in [2.24, 2.45) is 0 Å². The number of carbonyl (C=O) groups is 1. The number of rotatable bonds is 5. The summed E-state index contributed by atoms with van der Waals surface area (Å²) in [5, 5.41) is 13.5. The molecule has 1 amide bonds. The summed E-state index contributed by atoms with van der Waals surface area (Å²) in [4.78, 5) is 12.6. The van der Waals surface area contributed by atoms with E-state index in [1.54, 1.807) is 7.11 Å². The number of amides is 1. The molecule has 1 aromatic carbocycles. The fraction of sp³-hybridized carbons (Fsp3) is 0.611. The van der Waals surface area contributed by atoms with Gasteiger partial charge in [-0.2, -0.15) is 0 Å². The second-order valence-electron chi connectivity index (χ2n) is 6.78. The summed E-state index contributed by atoms with van der Waals surface area (Å²) in [5.41, 5.74) is -0.0530. The Morgan fingerprint density at radius 3 is 2.32 bits per heavy atom. The van der Waals surface area contributed by atoms with Crippen LogP contribution in [-0.4, -0.2) is 30.3 Å². The smallest absolute Gasteiger partial charge is 0.230 e. The molecule has 2 N–H and O–H groups in total. The molecule has 120 valence electrons. The van der Waals surface area contributed by atoms with Crippen LogP contribution in [0.2, 0.25) is 0 Å². The first-order valence-corrected chi connectivity index (χ1v) is 8.23. The van der Waals surface area contributed by atoms with Gasteiger partial charge in [0, 0.05) is 6.54 Å². The van der Waals surface area contributed by atoms with Crippen LogP contribution in [0.3, 0.4) is 0 Å². The molecule has 3 rings (SSSR count). The highest BCUT2D eigenvalue weighted by Gasteiger charge is 2.51. The predicted molar refractivity (Wildman–Crippen MR) is 85.0 cm³/mol. The zero-order valence-electron chi connectivity index (χ0n) is 13.2. The number of methoxy groups -OCH3 is 1. The van der Waals surface area contributed by atoms with Crippen molar-refractivity contribution in [3.05, 3.63) is 29.8 Å². The Hall–Kier alpha value is -1.55. The number of hydrogen-bond acceptors (Lipinski definition) is 3. The van der Waals surface area contributed by atoms with E-state index in [1.165, 1.54) is 6.42 Å². The van der Waals surface area contributed by atoms with Crippen molar-refractivity contribution in [2.75, 3.05) is 13.7 Å². The van der Waals surface area contributed by atoms with Gasteiger partial charge in [-0.3, -0.25) is 4.79 Å². The molecule has 4 heteroatoms. The molecule has 1 aromatic rings. The van der Waals surface area contributed by atoms with Crippen LogP contribution in [0.5, 0.6) is 5.75 Å². The molecule has 0 saturated heterocycles. The van der Waals surface area contributed by atoms with Crippen molar-refractivity contribution >= 4 is 5.91 Å². The van der Waals surface area contributed by atoms with Crippen LogP contribution < -0.4 is 10.1 Å². The van der Waals surface area contributed by atoms with Crippen molar-refractivity contribution in [2.45, 2.75) is 56.0 Å². The quantitative estimate of drug-likeness (QED) is 0.879. The lowest BCUT2D eigenvalue weighted by Crippen LogP contribution is -2.47. The monoisotopic (exact) mass is 303 g/mol. The van der Waals surface area contributed by atoms with Gasteiger partial charge in [0.15, 0.2) is 0 Å². The second kappa shape index (κ2) is 5.92. The maximum absolute atomic E-state index is 12.6. The highest BCUT2D eigenvalue weighted by Crippen LogP contribution is 2.48. The van der Waals surface area contributed by atoms with E-state index in [0.29, 0.717) is 6.54 Å². The van der Waals surface area contributed by atoms with Crippen LogP contribution in [0, 0.1) is 0 Å². The summed E-state index contributed by atoms with van der Waals surface area (Å²) in [6.45, 7) is 0.379. The number of benzene rings is 1. The number of carbonyl (C=O) groups excluding carboxylic acids is 1. The van der Waals surface area contributed by atoms with Gasteiger partial charge in [-0.25, -0.2) is 0 Å². The highest BCUT2D eigenvalue weighted by atomic mass is 16.5. The number of nitrogens with one attached hydrogen (secondary N) is 1. The van der Waals surface area contributed by atoms with Crippen molar-refractivity contribution in [3.8, 4) is 5.75 Å². The fourth-order valence-electron chi connectivity index (χ4n) is 3.48. The van der Waals surface area contributed by atoms with Crippen LogP contribution >= 0.6 is 0 Å². The normalized spacial score (nSPS) is 21.9. The van der Waals surface area contributed by atoms with E-state index in [2.05, 4.69) is 5.32 Å². The Balaban J connectivity index is 1.63. The molecular formula is C18H25NO3. The maximum Gasteiger partial charge on any atom is 0.230 e. The molecule has 4 nitrogen and oxygen atoms in total. The third kappa shape index (κ3) is 2.98. The minimum absolute atomic E-state index is 0.0525. The molecule has 2 saturated carbocycles. The molecule has 0 heterocycles. The average Bonchev–Trinajstić information content (AvgIpc) is 3.35. The largest absolute Gasteiger partial charge is 0.497 e. The average molecular weight is 303 g/mol. The second-order valence-corrected chi connectivity index (χ2v) is 6.78. The molecule has 0 spiro atoms. The van der Waals surface area contributed by atoms with Crippen molar-refractivity contribution in [3.63, 3.8) is 0 Å². The summed E-state index contributed by atoms with van der Waals surface area (Å²) in [7, 11) is 1.64. The van der Waals surface area contributed by atoms with Crippen molar-refractivity contribution < 1.29 is 14.6 Å². The Labute approximate surface area is 131 Å². The molecule has 0 bridgehead atoms. The molecule has 0 radical (unpaired) electrons. The SMILES string of the molecule is COc1ccc(C2(C(=O)NCC3(O)CCCCC3)CC2)cc1. The van der Waals surface area contributed by atoms with E-state index in [4.69, 9.17) is 4.74 Å². The zero-order valence-corrected chi connectivity index (χ0v) is 13.2. The molecular weight excluding hydrogens is 278 g/mol. The molecule has 0 unspecified atom stereocenters. The number of aliphatic hydroxyl groups is 1. The first-order valence-electron chi connectivity index (χ1n) is 8.23. The third-order valence-corrected chi connectivity index (χ3v) is 5.19. The molecule has 0 atom stereocenters. The van der Waals surface area contributed by atoms with Gasteiger partial charge in [-0.15, -0.1) is 0 Å². The zero-order chi connectivity index (χ0) is 15.6. The minimum Gasteiger partial charge on any atom is -0.497 e. The lowest BCUT2D eigenvalue weighted by Gasteiger charge is -2.32. The Morgan fingerprint density at radius 1 is 1.14 bits per heavy atom. The third-order valence-electron chi connectivity index (χ3n) is 5.19. The van der Waals surface area contributed by atoms with Crippen LogP contribution in [0.15, 0.2) is 24.3 Å². The van der Waals surface area contributed by atoms with Crippen LogP contribution in [0.4, 0.5) is 0 Å². The Morgan fingerprint density at radius 2 is 1.77 bits per heavy atom. The topological polar surface area (TPSA) is 58.6 Å². The van der Waals surface area contributed by atoms with Gasteiger partial charge in [-0.05, 0) is 43.4 Å². The van der Waals surface area contributed by atoms with Crippen LogP contribution in [0.1, 0.15) is 50.5 Å². The van der Waals surface area contributed by atoms with E-state index in [1.807, 2.05) is 24.3 Å². The molecule has 2 fully saturated rings. The molecule has 2 aliphatic carbocycles. The lowest BCUT2D eigenvalue weighted by atomic mass is 9.84. The Kier molecular flexibility index (Phi) is 4.13. The minimum atomic E-state index is -0.704. The van der Waals surface area contributed by atoms with Gasteiger partial charge in [-0.1, -0.05) is 31.4 Å². The van der Waals surface area contributed by atoms with Crippen molar-refractivity contribution in [1.29, 1.82) is 0 Å². The Bertz CT molecular complexity index is 528. The molecule has 22 heavy (non-hydrogen) atoms. The standard InChI is InChI=1S/C18H25NO3/c1-22-15-7-5-14(6-8-15)18(11-12-18)16(20)19-13-17(21)9-3-2-4-10-17/h5-8,21H,2-4,9-13H2,1H3,(H,19,20). The van der Waals surface area contributed by atoms with E-state index >= 15 is 0 Å².